The molecular formula is C15H18FNS. The summed E-state index contributed by atoms with van der Waals surface area (Å²) >= 11 is 1.71. The maximum atomic E-state index is 13.6. The van der Waals surface area contributed by atoms with Crippen LogP contribution in [0.1, 0.15) is 17.5 Å². The molecule has 96 valence electrons. The Morgan fingerprint density at radius 3 is 2.72 bits per heavy atom. The molecule has 2 aromatic rings. The van der Waals surface area contributed by atoms with Crippen LogP contribution in [0.15, 0.2) is 41.1 Å². The molecule has 0 spiro atoms. The molecule has 0 saturated heterocycles. The minimum Gasteiger partial charge on any atom is -0.330 e. The number of benzene rings is 1. The van der Waals surface area contributed by atoms with E-state index >= 15 is 0 Å². The third-order valence-electron chi connectivity index (χ3n) is 3.22. The summed E-state index contributed by atoms with van der Waals surface area (Å²) in [7, 11) is 0. The Bertz CT molecular complexity index is 467. The molecule has 0 aliphatic rings. The van der Waals surface area contributed by atoms with Crippen molar-refractivity contribution in [1.29, 1.82) is 0 Å². The molecule has 1 atom stereocenters. The van der Waals surface area contributed by atoms with Gasteiger partial charge in [-0.05, 0) is 65.7 Å². The van der Waals surface area contributed by atoms with Crippen molar-refractivity contribution >= 4 is 11.3 Å². The molecule has 1 heterocycles. The minimum atomic E-state index is -0.119. The van der Waals surface area contributed by atoms with Crippen LogP contribution in [0.5, 0.6) is 0 Å². The van der Waals surface area contributed by atoms with Crippen LogP contribution in [0.2, 0.25) is 0 Å². The first kappa shape index (κ1) is 13.2. The number of nitrogens with two attached hydrogens (primary N) is 1. The third kappa shape index (κ3) is 3.65. The van der Waals surface area contributed by atoms with E-state index in [4.69, 9.17) is 5.73 Å². The number of hydrogen-bond donors (Lipinski definition) is 1. The highest BCUT2D eigenvalue weighted by atomic mass is 32.1. The molecular weight excluding hydrogens is 245 g/mol. The second kappa shape index (κ2) is 6.66. The zero-order chi connectivity index (χ0) is 12.8. The second-order valence-electron chi connectivity index (χ2n) is 4.57. The first-order chi connectivity index (χ1) is 8.79. The number of halogens is 1. The highest BCUT2D eigenvalue weighted by Gasteiger charge is 2.11. The topological polar surface area (TPSA) is 26.0 Å². The van der Waals surface area contributed by atoms with Gasteiger partial charge in [-0.15, -0.1) is 0 Å². The summed E-state index contributed by atoms with van der Waals surface area (Å²) < 4.78 is 13.6. The van der Waals surface area contributed by atoms with Gasteiger partial charge in [0, 0.05) is 0 Å². The van der Waals surface area contributed by atoms with E-state index in [-0.39, 0.29) is 5.82 Å². The van der Waals surface area contributed by atoms with Crippen molar-refractivity contribution in [3.63, 3.8) is 0 Å². The van der Waals surface area contributed by atoms with E-state index in [1.165, 1.54) is 11.6 Å². The largest absolute Gasteiger partial charge is 0.330 e. The summed E-state index contributed by atoms with van der Waals surface area (Å²) in [5.41, 5.74) is 7.92. The van der Waals surface area contributed by atoms with Crippen LogP contribution in [0.3, 0.4) is 0 Å². The molecule has 0 amide bonds. The maximum absolute atomic E-state index is 13.6. The van der Waals surface area contributed by atoms with Crippen LogP contribution in [0.25, 0.3) is 0 Å². The van der Waals surface area contributed by atoms with Crippen molar-refractivity contribution < 1.29 is 4.39 Å². The molecule has 18 heavy (non-hydrogen) atoms. The van der Waals surface area contributed by atoms with Crippen molar-refractivity contribution in [2.45, 2.75) is 19.3 Å². The van der Waals surface area contributed by atoms with Gasteiger partial charge in [0.05, 0.1) is 0 Å². The molecule has 0 aliphatic carbocycles. The van der Waals surface area contributed by atoms with E-state index in [1.807, 2.05) is 12.1 Å². The molecule has 0 aliphatic heterocycles. The number of rotatable bonds is 6. The first-order valence-corrected chi connectivity index (χ1v) is 7.18. The van der Waals surface area contributed by atoms with Crippen LogP contribution in [0, 0.1) is 11.7 Å². The van der Waals surface area contributed by atoms with Gasteiger partial charge in [0.15, 0.2) is 0 Å². The van der Waals surface area contributed by atoms with Crippen molar-refractivity contribution in [2.24, 2.45) is 11.7 Å². The molecule has 1 aromatic heterocycles. The normalized spacial score (nSPS) is 12.6. The lowest BCUT2D eigenvalue weighted by Gasteiger charge is -2.14. The van der Waals surface area contributed by atoms with Gasteiger partial charge in [-0.25, -0.2) is 4.39 Å². The quantitative estimate of drug-likeness (QED) is 0.846. The fourth-order valence-corrected chi connectivity index (χ4v) is 2.79. The zero-order valence-electron chi connectivity index (χ0n) is 10.3. The second-order valence-corrected chi connectivity index (χ2v) is 5.35. The van der Waals surface area contributed by atoms with Crippen LogP contribution in [0.4, 0.5) is 4.39 Å². The van der Waals surface area contributed by atoms with E-state index < -0.39 is 0 Å². The van der Waals surface area contributed by atoms with E-state index in [0.717, 1.165) is 24.8 Å². The van der Waals surface area contributed by atoms with Crippen molar-refractivity contribution in [3.8, 4) is 0 Å². The van der Waals surface area contributed by atoms with Crippen molar-refractivity contribution in [1.82, 2.24) is 0 Å². The van der Waals surface area contributed by atoms with E-state index in [9.17, 15) is 4.39 Å². The Morgan fingerprint density at radius 1 is 1.22 bits per heavy atom. The van der Waals surface area contributed by atoms with Gasteiger partial charge in [-0.3, -0.25) is 0 Å². The van der Waals surface area contributed by atoms with Crippen LogP contribution < -0.4 is 5.73 Å². The Hall–Kier alpha value is -1.19. The van der Waals surface area contributed by atoms with Gasteiger partial charge in [0.1, 0.15) is 5.82 Å². The van der Waals surface area contributed by atoms with Crippen LogP contribution in [-0.2, 0) is 12.8 Å². The molecule has 0 fully saturated rings. The maximum Gasteiger partial charge on any atom is 0.126 e. The standard InChI is InChI=1S/C15H18FNS/c16-15-4-2-1-3-14(15)9-13(10-17)6-5-12-7-8-18-11-12/h1-4,7-8,11,13H,5-6,9-10,17H2. The highest BCUT2D eigenvalue weighted by Crippen LogP contribution is 2.18. The first-order valence-electron chi connectivity index (χ1n) is 6.24. The molecule has 0 bridgehead atoms. The van der Waals surface area contributed by atoms with Crippen LogP contribution in [-0.4, -0.2) is 6.54 Å². The van der Waals surface area contributed by atoms with Gasteiger partial charge in [-0.2, -0.15) is 11.3 Å². The number of hydrogen-bond acceptors (Lipinski definition) is 2. The average Bonchev–Trinajstić information content (AvgIpc) is 2.90. The summed E-state index contributed by atoms with van der Waals surface area (Å²) in [6, 6.07) is 9.11. The monoisotopic (exact) mass is 263 g/mol. The van der Waals surface area contributed by atoms with Gasteiger partial charge in [0.2, 0.25) is 0 Å². The smallest absolute Gasteiger partial charge is 0.126 e. The van der Waals surface area contributed by atoms with E-state index in [2.05, 4.69) is 16.8 Å². The predicted molar refractivity (Wildman–Crippen MR) is 75.3 cm³/mol. The Morgan fingerprint density at radius 2 is 2.06 bits per heavy atom. The Kier molecular flexibility index (Phi) is 4.90. The lowest BCUT2D eigenvalue weighted by molar-refractivity contribution is 0.480. The summed E-state index contributed by atoms with van der Waals surface area (Å²) in [5, 5.41) is 4.25. The summed E-state index contributed by atoms with van der Waals surface area (Å²) in [5.74, 6) is 0.230. The molecule has 1 aromatic carbocycles. The Labute approximate surface area is 111 Å². The van der Waals surface area contributed by atoms with Crippen molar-refractivity contribution in [3.05, 3.63) is 58.0 Å². The fraction of sp³-hybridized carbons (Fsp3) is 0.333. The molecule has 0 saturated carbocycles. The number of aryl methyl sites for hydroxylation is 1. The molecule has 1 nitrogen and oxygen atoms in total. The van der Waals surface area contributed by atoms with Crippen LogP contribution >= 0.6 is 11.3 Å². The molecule has 1 unspecified atom stereocenters. The van der Waals surface area contributed by atoms with Gasteiger partial charge >= 0.3 is 0 Å². The zero-order valence-corrected chi connectivity index (χ0v) is 11.1. The van der Waals surface area contributed by atoms with Gasteiger partial charge < -0.3 is 5.73 Å². The molecule has 2 rings (SSSR count). The van der Waals surface area contributed by atoms with E-state index in [1.54, 1.807) is 17.4 Å². The minimum absolute atomic E-state index is 0.119. The molecule has 0 radical (unpaired) electrons. The number of thiophene rings is 1. The summed E-state index contributed by atoms with van der Waals surface area (Å²) in [6.45, 7) is 0.610. The summed E-state index contributed by atoms with van der Waals surface area (Å²) in [6.07, 6.45) is 2.77. The Balaban J connectivity index is 1.91. The predicted octanol–water partition coefficient (Wildman–Crippen LogP) is 3.64. The van der Waals surface area contributed by atoms with E-state index in [0.29, 0.717) is 12.5 Å². The van der Waals surface area contributed by atoms with Gasteiger partial charge in [0.25, 0.3) is 0 Å². The van der Waals surface area contributed by atoms with Crippen molar-refractivity contribution in [2.75, 3.05) is 6.54 Å². The lowest BCUT2D eigenvalue weighted by atomic mass is 9.93. The highest BCUT2D eigenvalue weighted by molar-refractivity contribution is 7.07. The third-order valence-corrected chi connectivity index (χ3v) is 3.95. The van der Waals surface area contributed by atoms with Gasteiger partial charge in [-0.1, -0.05) is 18.2 Å². The lowest BCUT2D eigenvalue weighted by Crippen LogP contribution is -2.18. The SMILES string of the molecule is NCC(CCc1ccsc1)Cc1ccccc1F. The average molecular weight is 263 g/mol. The fourth-order valence-electron chi connectivity index (χ4n) is 2.08. The molecule has 3 heteroatoms. The molecule has 2 N–H and O–H groups in total. The summed E-state index contributed by atoms with van der Waals surface area (Å²) in [4.78, 5) is 0.